The van der Waals surface area contributed by atoms with Gasteiger partial charge in [0, 0.05) is 0 Å². The molecule has 1 aromatic carbocycles. The summed E-state index contributed by atoms with van der Waals surface area (Å²) in [6.07, 6.45) is 7.97. The first-order valence-corrected chi connectivity index (χ1v) is 7.66. The van der Waals surface area contributed by atoms with Gasteiger partial charge in [-0.15, -0.1) is 6.42 Å². The second kappa shape index (κ2) is 7.40. The van der Waals surface area contributed by atoms with Crippen molar-refractivity contribution in [1.29, 1.82) is 0 Å². The zero-order valence-corrected chi connectivity index (χ0v) is 13.6. The van der Waals surface area contributed by atoms with E-state index >= 15 is 0 Å². The lowest BCUT2D eigenvalue weighted by atomic mass is 10.1. The van der Waals surface area contributed by atoms with Crippen molar-refractivity contribution in [3.63, 3.8) is 0 Å². The van der Waals surface area contributed by atoms with Crippen molar-refractivity contribution in [2.75, 3.05) is 6.61 Å². The van der Waals surface area contributed by atoms with Gasteiger partial charge in [0.25, 0.3) is 11.8 Å². The molecule has 1 saturated heterocycles. The van der Waals surface area contributed by atoms with Gasteiger partial charge in [-0.2, -0.15) is 0 Å². The topological polar surface area (TPSA) is 88.8 Å². The molecule has 3 rings (SSSR count). The molecule has 2 aromatic rings. The molecule has 0 unspecified atom stereocenters. The van der Waals surface area contributed by atoms with Crippen molar-refractivity contribution in [3.05, 3.63) is 59.6 Å². The number of benzene rings is 1. The van der Waals surface area contributed by atoms with E-state index in [0.717, 1.165) is 4.90 Å². The van der Waals surface area contributed by atoms with Crippen LogP contribution < -0.4 is 10.1 Å². The molecule has 0 atom stereocenters. The summed E-state index contributed by atoms with van der Waals surface area (Å²) in [5.41, 5.74) is 0.456. The molecular formula is C19H14N2O5. The number of nitrogens with zero attached hydrogens (tertiary/aromatic N) is 1. The van der Waals surface area contributed by atoms with Crippen molar-refractivity contribution in [2.45, 2.75) is 6.54 Å². The van der Waals surface area contributed by atoms with Gasteiger partial charge >= 0.3 is 6.03 Å². The van der Waals surface area contributed by atoms with Crippen LogP contribution in [-0.4, -0.2) is 29.4 Å². The number of amides is 4. The third-order valence-electron chi connectivity index (χ3n) is 3.59. The molecule has 1 aromatic heterocycles. The van der Waals surface area contributed by atoms with Crippen molar-refractivity contribution in [3.8, 4) is 18.1 Å². The Morgan fingerprint density at radius 1 is 1.19 bits per heavy atom. The van der Waals surface area contributed by atoms with E-state index in [2.05, 4.69) is 11.2 Å². The fourth-order valence-electron chi connectivity index (χ4n) is 2.35. The maximum atomic E-state index is 12.6. The molecule has 7 heteroatoms. The number of barbiturate groups is 1. The molecule has 26 heavy (non-hydrogen) atoms. The Kier molecular flexibility index (Phi) is 4.85. The van der Waals surface area contributed by atoms with Crippen LogP contribution >= 0.6 is 0 Å². The zero-order chi connectivity index (χ0) is 18.5. The molecule has 0 radical (unpaired) electrons. The molecule has 1 aliphatic heterocycles. The van der Waals surface area contributed by atoms with Gasteiger partial charge in [0.1, 0.15) is 23.7 Å². The molecule has 1 fully saturated rings. The molecule has 0 bridgehead atoms. The summed E-state index contributed by atoms with van der Waals surface area (Å²) in [4.78, 5) is 37.5. The van der Waals surface area contributed by atoms with Gasteiger partial charge in [-0.3, -0.25) is 19.8 Å². The van der Waals surface area contributed by atoms with Crippen LogP contribution in [0.25, 0.3) is 6.08 Å². The first-order chi connectivity index (χ1) is 12.6. The van der Waals surface area contributed by atoms with Crippen LogP contribution in [0.4, 0.5) is 4.79 Å². The van der Waals surface area contributed by atoms with E-state index in [4.69, 9.17) is 15.6 Å². The van der Waals surface area contributed by atoms with E-state index in [1.807, 2.05) is 0 Å². The second-order valence-corrected chi connectivity index (χ2v) is 5.35. The number of carbonyl (C=O) groups excluding carboxylic acids is 3. The van der Waals surface area contributed by atoms with Gasteiger partial charge in [0.15, 0.2) is 0 Å². The Morgan fingerprint density at radius 2 is 1.96 bits per heavy atom. The summed E-state index contributed by atoms with van der Waals surface area (Å²) in [6.45, 7) is 0.0757. The van der Waals surface area contributed by atoms with Gasteiger partial charge < -0.3 is 9.15 Å². The fraction of sp³-hybridized carbons (Fsp3) is 0.105. The maximum Gasteiger partial charge on any atom is 0.331 e. The number of rotatable bonds is 5. The summed E-state index contributed by atoms with van der Waals surface area (Å²) in [7, 11) is 0. The SMILES string of the molecule is C#CCOc1ccc(/C=C2\C(=O)NC(=O)N(Cc3ccco3)C2=O)cc1. The monoisotopic (exact) mass is 350 g/mol. The number of urea groups is 1. The summed E-state index contributed by atoms with van der Waals surface area (Å²) in [5, 5.41) is 2.15. The Bertz CT molecular complexity index is 904. The molecule has 1 N–H and O–H groups in total. The number of nitrogens with one attached hydrogen (secondary N) is 1. The van der Waals surface area contributed by atoms with Crippen molar-refractivity contribution < 1.29 is 23.5 Å². The molecule has 130 valence electrons. The Labute approximate surface area is 149 Å². The predicted octanol–water partition coefficient (Wildman–Crippen LogP) is 1.95. The Balaban J connectivity index is 1.82. The lowest BCUT2D eigenvalue weighted by molar-refractivity contribution is -0.130. The quantitative estimate of drug-likeness (QED) is 0.506. The van der Waals surface area contributed by atoms with E-state index < -0.39 is 17.8 Å². The van der Waals surface area contributed by atoms with Crippen LogP contribution in [0, 0.1) is 12.3 Å². The standard InChI is InChI=1S/C19H14N2O5/c1-2-9-25-14-7-5-13(6-8-14)11-16-17(22)20-19(24)21(18(16)23)12-15-4-3-10-26-15/h1,3-8,10-11H,9,12H2,(H,20,22,24)/b16-11+. The van der Waals surface area contributed by atoms with Crippen LogP contribution in [0.15, 0.2) is 52.7 Å². The summed E-state index contributed by atoms with van der Waals surface area (Å²) >= 11 is 0. The maximum absolute atomic E-state index is 12.6. The number of imide groups is 2. The molecule has 7 nitrogen and oxygen atoms in total. The number of carbonyl (C=O) groups is 3. The molecule has 2 heterocycles. The number of hydrogen-bond donors (Lipinski definition) is 1. The van der Waals surface area contributed by atoms with Crippen LogP contribution in [0.3, 0.4) is 0 Å². The van der Waals surface area contributed by atoms with E-state index in [1.165, 1.54) is 12.3 Å². The molecule has 0 spiro atoms. The number of hydrogen-bond acceptors (Lipinski definition) is 5. The van der Waals surface area contributed by atoms with Crippen molar-refractivity contribution >= 4 is 23.9 Å². The normalized spacial score (nSPS) is 15.7. The Morgan fingerprint density at radius 3 is 2.62 bits per heavy atom. The predicted molar refractivity (Wildman–Crippen MR) is 91.5 cm³/mol. The average molecular weight is 350 g/mol. The highest BCUT2D eigenvalue weighted by Gasteiger charge is 2.36. The van der Waals surface area contributed by atoms with Gasteiger partial charge in [-0.05, 0) is 35.9 Å². The van der Waals surface area contributed by atoms with Crippen LogP contribution in [-0.2, 0) is 16.1 Å². The van der Waals surface area contributed by atoms with Gasteiger partial charge in [-0.25, -0.2) is 4.79 Å². The fourth-order valence-corrected chi connectivity index (χ4v) is 2.35. The molecule has 1 aliphatic rings. The summed E-state index contributed by atoms with van der Waals surface area (Å²) in [6, 6.07) is 9.18. The van der Waals surface area contributed by atoms with E-state index in [1.54, 1.807) is 36.4 Å². The van der Waals surface area contributed by atoms with Crippen molar-refractivity contribution in [2.24, 2.45) is 0 Å². The highest BCUT2D eigenvalue weighted by atomic mass is 16.5. The molecular weight excluding hydrogens is 336 g/mol. The van der Waals surface area contributed by atoms with E-state index in [0.29, 0.717) is 17.1 Å². The van der Waals surface area contributed by atoms with Crippen LogP contribution in [0.5, 0.6) is 5.75 Å². The molecule has 0 saturated carbocycles. The minimum absolute atomic E-state index is 0.0683. The first-order valence-electron chi connectivity index (χ1n) is 7.66. The Hall–Kier alpha value is -3.79. The molecule has 4 amide bonds. The lowest BCUT2D eigenvalue weighted by Crippen LogP contribution is -2.53. The number of ether oxygens (including phenoxy) is 1. The van der Waals surface area contributed by atoms with Gasteiger partial charge in [0.2, 0.25) is 0 Å². The van der Waals surface area contributed by atoms with Crippen LogP contribution in [0.1, 0.15) is 11.3 Å². The third-order valence-corrected chi connectivity index (χ3v) is 3.59. The third kappa shape index (κ3) is 3.65. The van der Waals surface area contributed by atoms with Crippen LogP contribution in [0.2, 0.25) is 0 Å². The minimum atomic E-state index is -0.786. The highest BCUT2D eigenvalue weighted by molar-refractivity contribution is 6.30. The summed E-state index contributed by atoms with van der Waals surface area (Å²) in [5.74, 6) is 1.92. The lowest BCUT2D eigenvalue weighted by Gasteiger charge is -2.25. The van der Waals surface area contributed by atoms with E-state index in [-0.39, 0.29) is 18.7 Å². The number of furan rings is 1. The number of terminal acetylenes is 1. The van der Waals surface area contributed by atoms with Gasteiger partial charge in [-0.1, -0.05) is 18.1 Å². The van der Waals surface area contributed by atoms with Crippen molar-refractivity contribution in [1.82, 2.24) is 10.2 Å². The smallest absolute Gasteiger partial charge is 0.331 e. The average Bonchev–Trinajstić information content (AvgIpc) is 3.15. The van der Waals surface area contributed by atoms with Gasteiger partial charge in [0.05, 0.1) is 12.8 Å². The first kappa shape index (κ1) is 17.0. The minimum Gasteiger partial charge on any atom is -0.481 e. The zero-order valence-electron chi connectivity index (χ0n) is 13.6. The van der Waals surface area contributed by atoms with E-state index in [9.17, 15) is 14.4 Å². The summed E-state index contributed by atoms with van der Waals surface area (Å²) < 4.78 is 10.4. The largest absolute Gasteiger partial charge is 0.481 e. The highest BCUT2D eigenvalue weighted by Crippen LogP contribution is 2.19. The second-order valence-electron chi connectivity index (χ2n) is 5.35. The molecule has 0 aliphatic carbocycles.